The number of unbranched alkanes of at least 4 members (excludes halogenated alkanes) is 13. The first-order valence-electron chi connectivity index (χ1n) is 20.2. The summed E-state index contributed by atoms with van der Waals surface area (Å²) >= 11 is 0. The molecular weight excluding hydrogens is 656 g/mol. The zero-order chi connectivity index (χ0) is 38.3. The van der Waals surface area contributed by atoms with E-state index < -0.39 is 24.5 Å². The fraction of sp³-hybridized carbons (Fsp3) is 0.674. The van der Waals surface area contributed by atoms with Crippen molar-refractivity contribution in [2.75, 3.05) is 13.2 Å². The van der Waals surface area contributed by atoms with Crippen molar-refractivity contribution in [3.63, 3.8) is 0 Å². The van der Waals surface area contributed by atoms with Gasteiger partial charge in [-0.25, -0.2) is 4.79 Å². The topological polar surface area (TPSA) is 142 Å². The number of rotatable bonds is 35. The van der Waals surface area contributed by atoms with E-state index in [9.17, 15) is 19.2 Å². The van der Waals surface area contributed by atoms with Crippen molar-refractivity contribution in [2.24, 2.45) is 0 Å². The molecule has 0 aliphatic heterocycles. The van der Waals surface area contributed by atoms with Crippen molar-refractivity contribution < 1.29 is 34.1 Å². The third kappa shape index (κ3) is 33.7. The molecule has 0 aromatic heterocycles. The Hall–Kier alpha value is -3.46. The Kier molecular flexibility index (Phi) is 34.8. The van der Waals surface area contributed by atoms with E-state index in [-0.39, 0.29) is 30.9 Å². The number of esters is 1. The van der Waals surface area contributed by atoms with Gasteiger partial charge in [-0.1, -0.05) is 126 Å². The Morgan fingerprint density at radius 1 is 0.615 bits per heavy atom. The van der Waals surface area contributed by atoms with Gasteiger partial charge in [0, 0.05) is 12.8 Å². The van der Waals surface area contributed by atoms with Crippen LogP contribution in [0.4, 0.5) is 0 Å². The van der Waals surface area contributed by atoms with Gasteiger partial charge >= 0.3 is 11.9 Å². The summed E-state index contributed by atoms with van der Waals surface area (Å²) in [5, 5.41) is 22.5. The molecule has 0 fully saturated rings. The van der Waals surface area contributed by atoms with Gasteiger partial charge in [-0.3, -0.25) is 14.4 Å². The van der Waals surface area contributed by atoms with Crippen LogP contribution in [0.2, 0.25) is 0 Å². The van der Waals surface area contributed by atoms with Gasteiger partial charge < -0.3 is 25.6 Å². The van der Waals surface area contributed by atoms with Crippen LogP contribution < -0.4 is 10.6 Å². The van der Waals surface area contributed by atoms with Crippen LogP contribution in [0.25, 0.3) is 0 Å². The second-order valence-corrected chi connectivity index (χ2v) is 13.3. The summed E-state index contributed by atoms with van der Waals surface area (Å²) in [6.45, 7) is 3.31. The summed E-state index contributed by atoms with van der Waals surface area (Å²) in [5.74, 6) is -2.38. The van der Waals surface area contributed by atoms with E-state index in [1.807, 2.05) is 6.08 Å². The highest BCUT2D eigenvalue weighted by Crippen LogP contribution is 2.15. The summed E-state index contributed by atoms with van der Waals surface area (Å²) in [5.41, 5.74) is 0. The Morgan fingerprint density at radius 2 is 1.15 bits per heavy atom. The quantitative estimate of drug-likeness (QED) is 0.0289. The second kappa shape index (κ2) is 37.3. The van der Waals surface area contributed by atoms with E-state index in [4.69, 9.17) is 14.9 Å². The van der Waals surface area contributed by atoms with Crippen LogP contribution in [0.1, 0.15) is 162 Å². The molecule has 0 aliphatic rings. The largest absolute Gasteiger partial charge is 0.480 e. The number of aliphatic hydroxyl groups excluding tert-OH is 1. The number of carbonyl (C=O) groups is 4. The van der Waals surface area contributed by atoms with Gasteiger partial charge in [0.25, 0.3) is 0 Å². The predicted octanol–water partition coefficient (Wildman–Crippen LogP) is 9.37. The van der Waals surface area contributed by atoms with Crippen molar-refractivity contribution in [3.8, 4) is 0 Å². The lowest BCUT2D eigenvalue weighted by molar-refractivity contribution is -0.147. The molecule has 52 heavy (non-hydrogen) atoms. The lowest BCUT2D eigenvalue weighted by atomic mass is 10.1. The Morgan fingerprint density at radius 3 is 1.77 bits per heavy atom. The van der Waals surface area contributed by atoms with E-state index >= 15 is 0 Å². The average Bonchev–Trinajstić information content (AvgIpc) is 3.13. The number of allylic oxidation sites excluding steroid dienone is 9. The van der Waals surface area contributed by atoms with Gasteiger partial charge in [0.05, 0.1) is 13.2 Å². The summed E-state index contributed by atoms with van der Waals surface area (Å²) < 4.78 is 5.89. The minimum Gasteiger partial charge on any atom is -0.480 e. The van der Waals surface area contributed by atoms with Crippen LogP contribution >= 0.6 is 0 Å². The molecule has 0 spiro atoms. The van der Waals surface area contributed by atoms with Crippen molar-refractivity contribution in [2.45, 2.75) is 174 Å². The van der Waals surface area contributed by atoms with E-state index in [1.54, 1.807) is 0 Å². The SMILES string of the molecule is CC/C=C\C/C=C\C/C=C\C(CCCCCCCCC(=O)NCC(=O)NC(CO)C(=O)O)OC(=O)CCCCCCC/C=C\C/C=C\CCCCC. The van der Waals surface area contributed by atoms with Gasteiger partial charge in [-0.05, 0) is 83.1 Å². The summed E-state index contributed by atoms with van der Waals surface area (Å²) in [7, 11) is 0. The van der Waals surface area contributed by atoms with Gasteiger partial charge in [-0.15, -0.1) is 0 Å². The van der Waals surface area contributed by atoms with Gasteiger partial charge in [0.2, 0.25) is 11.8 Å². The smallest absolute Gasteiger partial charge is 0.328 e. The van der Waals surface area contributed by atoms with Crippen LogP contribution in [-0.2, 0) is 23.9 Å². The van der Waals surface area contributed by atoms with E-state index in [0.717, 1.165) is 89.9 Å². The first-order valence-corrected chi connectivity index (χ1v) is 20.2. The molecule has 0 aliphatic carbocycles. The number of amides is 2. The predicted molar refractivity (Wildman–Crippen MR) is 213 cm³/mol. The van der Waals surface area contributed by atoms with Crippen LogP contribution in [0.5, 0.6) is 0 Å². The number of carboxylic acids is 1. The normalized spacial score (nSPS) is 13.1. The summed E-state index contributed by atoms with van der Waals surface area (Å²) in [4.78, 5) is 47.3. The molecule has 2 atom stereocenters. The number of carboxylic acid groups (broad SMARTS) is 1. The van der Waals surface area contributed by atoms with Crippen LogP contribution in [0.15, 0.2) is 60.8 Å². The molecule has 9 heteroatoms. The molecule has 2 amide bonds. The number of nitrogens with one attached hydrogen (secondary N) is 2. The maximum atomic E-state index is 12.7. The number of ether oxygens (including phenoxy) is 1. The second-order valence-electron chi connectivity index (χ2n) is 13.3. The number of aliphatic carboxylic acids is 1. The third-order valence-corrected chi connectivity index (χ3v) is 8.48. The van der Waals surface area contributed by atoms with Crippen molar-refractivity contribution >= 4 is 23.8 Å². The molecule has 0 aromatic rings. The fourth-order valence-corrected chi connectivity index (χ4v) is 5.38. The van der Waals surface area contributed by atoms with Gasteiger partial charge in [0.1, 0.15) is 12.1 Å². The first kappa shape index (κ1) is 48.5. The highest BCUT2D eigenvalue weighted by atomic mass is 16.5. The van der Waals surface area contributed by atoms with Crippen LogP contribution in [-0.4, -0.2) is 59.3 Å². The number of aliphatic hydroxyl groups is 1. The molecule has 0 saturated heterocycles. The number of hydrogen-bond donors (Lipinski definition) is 4. The number of carbonyl (C=O) groups excluding carboxylic acids is 3. The van der Waals surface area contributed by atoms with E-state index in [0.29, 0.717) is 12.8 Å². The Bertz CT molecular complexity index is 1060. The highest BCUT2D eigenvalue weighted by Gasteiger charge is 2.18. The molecule has 4 N–H and O–H groups in total. The fourth-order valence-electron chi connectivity index (χ4n) is 5.38. The van der Waals surface area contributed by atoms with Crippen LogP contribution in [0.3, 0.4) is 0 Å². The summed E-state index contributed by atoms with van der Waals surface area (Å²) in [6.07, 6.45) is 44.1. The van der Waals surface area contributed by atoms with Gasteiger partial charge in [-0.2, -0.15) is 0 Å². The summed E-state index contributed by atoms with van der Waals surface area (Å²) in [6, 6.07) is -1.39. The molecule has 9 nitrogen and oxygen atoms in total. The van der Waals surface area contributed by atoms with Crippen molar-refractivity contribution in [3.05, 3.63) is 60.8 Å². The standard InChI is InChI=1S/C43H72N2O7/c1-3-5-7-9-11-13-14-15-16-17-18-19-21-27-31-35-42(49)52-38(32-28-24-20-12-10-8-6-4-2)33-29-25-22-23-26-30-34-40(47)44-36-41(48)45-39(37-46)43(50)51/h6,8,11-13,15-16,20,28,32,38-39,46H,3-5,7,9-10,14,17-19,21-27,29-31,33-37H2,1-2H3,(H,44,47)(H,45,48)(H,50,51)/b8-6-,13-11-,16-15-,20-12-,32-28-. The van der Waals surface area contributed by atoms with Crippen molar-refractivity contribution in [1.82, 2.24) is 10.6 Å². The third-order valence-electron chi connectivity index (χ3n) is 8.48. The molecule has 0 rings (SSSR count). The van der Waals surface area contributed by atoms with Crippen molar-refractivity contribution in [1.29, 1.82) is 0 Å². The molecule has 0 radical (unpaired) electrons. The average molecular weight is 729 g/mol. The minimum absolute atomic E-state index is 0.119. The lowest BCUT2D eigenvalue weighted by Crippen LogP contribution is -2.47. The van der Waals surface area contributed by atoms with E-state index in [1.165, 1.54) is 38.5 Å². The molecule has 0 bridgehead atoms. The first-order chi connectivity index (χ1) is 25.3. The van der Waals surface area contributed by atoms with E-state index in [2.05, 4.69) is 79.2 Å². The Balaban J connectivity index is 4.31. The maximum absolute atomic E-state index is 12.7. The molecule has 0 aromatic carbocycles. The molecular formula is C43H72N2O7. The highest BCUT2D eigenvalue weighted by molar-refractivity contribution is 5.87. The lowest BCUT2D eigenvalue weighted by Gasteiger charge is -2.14. The molecule has 0 saturated carbocycles. The molecule has 0 heterocycles. The van der Waals surface area contributed by atoms with Crippen LogP contribution in [0, 0.1) is 0 Å². The maximum Gasteiger partial charge on any atom is 0.328 e. The molecule has 2 unspecified atom stereocenters. The minimum atomic E-state index is -1.39. The monoisotopic (exact) mass is 729 g/mol. The van der Waals surface area contributed by atoms with Gasteiger partial charge in [0.15, 0.2) is 0 Å². The number of hydrogen-bond acceptors (Lipinski definition) is 6. The zero-order valence-electron chi connectivity index (χ0n) is 32.5. The zero-order valence-corrected chi connectivity index (χ0v) is 32.5. The Labute approximate surface area is 315 Å². The molecule has 296 valence electrons.